The van der Waals surface area contributed by atoms with Crippen molar-refractivity contribution in [2.45, 2.75) is 0 Å². The summed E-state index contributed by atoms with van der Waals surface area (Å²) < 4.78 is 34.3. The lowest BCUT2D eigenvalue weighted by Gasteiger charge is -1.95. The molecule has 80 valence electrons. The Bertz CT molecular complexity index is 531. The second-order valence-electron chi connectivity index (χ2n) is 2.59. The van der Waals surface area contributed by atoms with Gasteiger partial charge in [0, 0.05) is 16.2 Å². The van der Waals surface area contributed by atoms with Crippen molar-refractivity contribution in [1.29, 1.82) is 0 Å². The number of rotatable bonds is 1. The van der Waals surface area contributed by atoms with E-state index in [9.17, 15) is 12.8 Å². The Morgan fingerprint density at radius 3 is 2.73 bits per heavy atom. The third kappa shape index (κ3) is 4.20. The molecule has 0 unspecified atom stereocenters. The second kappa shape index (κ2) is 4.97. The van der Waals surface area contributed by atoms with Crippen LogP contribution in [0.4, 0.5) is 4.39 Å². The second-order valence-corrected chi connectivity index (χ2v) is 6.16. The summed E-state index contributed by atoms with van der Waals surface area (Å²) in [7, 11) is 1.33. The molecule has 0 aromatic heterocycles. The Kier molecular flexibility index (Phi) is 4.14. The van der Waals surface area contributed by atoms with E-state index < -0.39 is 20.6 Å². The topological polar surface area (TPSA) is 34.1 Å². The van der Waals surface area contributed by atoms with Gasteiger partial charge < -0.3 is 0 Å². The molecule has 0 spiro atoms. The molecule has 6 heteroatoms. The molecule has 2 nitrogen and oxygen atoms in total. The van der Waals surface area contributed by atoms with E-state index >= 15 is 0 Å². The zero-order valence-electron chi connectivity index (χ0n) is 7.30. The zero-order valence-corrected chi connectivity index (χ0v) is 10.5. The molecular formula is C9H5BrClFO2S. The highest BCUT2D eigenvalue weighted by molar-refractivity contribution is 9.10. The molecule has 0 heterocycles. The third-order valence-electron chi connectivity index (χ3n) is 1.42. The lowest BCUT2D eigenvalue weighted by molar-refractivity contribution is 0.612. The van der Waals surface area contributed by atoms with Gasteiger partial charge in [-0.05, 0) is 28.1 Å². The van der Waals surface area contributed by atoms with Crippen molar-refractivity contribution in [1.82, 2.24) is 0 Å². The average Bonchev–Trinajstić information content (AvgIpc) is 2.10. The summed E-state index contributed by atoms with van der Waals surface area (Å²) in [4.78, 5) is 0. The first-order chi connectivity index (χ1) is 6.90. The molecule has 0 fully saturated rings. The van der Waals surface area contributed by atoms with Gasteiger partial charge in [0.2, 0.25) is 9.05 Å². The van der Waals surface area contributed by atoms with Crippen molar-refractivity contribution in [3.05, 3.63) is 34.1 Å². The summed E-state index contributed by atoms with van der Waals surface area (Å²) in [5.41, 5.74) is 0.385. The molecule has 0 saturated carbocycles. The molecule has 0 atom stereocenters. The van der Waals surface area contributed by atoms with Crippen LogP contribution in [-0.4, -0.2) is 14.2 Å². The van der Waals surface area contributed by atoms with Crippen LogP contribution in [0.25, 0.3) is 0 Å². The van der Waals surface area contributed by atoms with Crippen LogP contribution in [0.3, 0.4) is 0 Å². The first-order valence-corrected chi connectivity index (χ1v) is 7.02. The highest BCUT2D eigenvalue weighted by Crippen LogP contribution is 2.19. The molecule has 0 aliphatic carbocycles. The summed E-state index contributed by atoms with van der Waals surface area (Å²) in [5, 5.41) is 0. The van der Waals surface area contributed by atoms with Crippen molar-refractivity contribution >= 4 is 35.7 Å². The Balaban J connectivity index is 2.95. The van der Waals surface area contributed by atoms with Crippen LogP contribution in [0.5, 0.6) is 0 Å². The molecule has 0 N–H and O–H groups in total. The first-order valence-electron chi connectivity index (χ1n) is 3.75. The standard InChI is InChI=1S/C9H5BrClFO2S/c10-9-7(3-1-5-8(9)12)4-2-6-15(11,13)14/h1,3,5H,6H2. The van der Waals surface area contributed by atoms with E-state index in [0.29, 0.717) is 5.56 Å². The van der Waals surface area contributed by atoms with E-state index in [2.05, 4.69) is 27.8 Å². The van der Waals surface area contributed by atoms with Crippen LogP contribution in [-0.2, 0) is 9.05 Å². The fourth-order valence-corrected chi connectivity index (χ4v) is 1.59. The summed E-state index contributed by atoms with van der Waals surface area (Å²) in [6.07, 6.45) is 0. The van der Waals surface area contributed by atoms with Crippen molar-refractivity contribution in [2.75, 3.05) is 5.75 Å². The average molecular weight is 312 g/mol. The van der Waals surface area contributed by atoms with E-state index in [-0.39, 0.29) is 4.47 Å². The quantitative estimate of drug-likeness (QED) is 0.590. The maximum absolute atomic E-state index is 13.0. The molecule has 0 bridgehead atoms. The van der Waals surface area contributed by atoms with Crippen LogP contribution in [0.2, 0.25) is 0 Å². The van der Waals surface area contributed by atoms with E-state index in [0.717, 1.165) is 0 Å². The van der Waals surface area contributed by atoms with E-state index in [1.165, 1.54) is 12.1 Å². The van der Waals surface area contributed by atoms with Crippen LogP contribution in [0.1, 0.15) is 5.56 Å². The number of halogens is 3. The third-order valence-corrected chi connectivity index (χ3v) is 3.04. The Morgan fingerprint density at radius 2 is 2.13 bits per heavy atom. The van der Waals surface area contributed by atoms with Gasteiger partial charge in [-0.15, -0.1) is 0 Å². The van der Waals surface area contributed by atoms with Gasteiger partial charge in [0.1, 0.15) is 11.6 Å². The maximum atomic E-state index is 13.0. The van der Waals surface area contributed by atoms with Crippen LogP contribution in [0, 0.1) is 17.7 Å². The molecular weight excluding hydrogens is 307 g/mol. The predicted molar refractivity (Wildman–Crippen MR) is 60.6 cm³/mol. The van der Waals surface area contributed by atoms with Gasteiger partial charge >= 0.3 is 0 Å². The molecule has 1 rings (SSSR count). The van der Waals surface area contributed by atoms with Gasteiger partial charge in [0.15, 0.2) is 0 Å². The fraction of sp³-hybridized carbons (Fsp3) is 0.111. The summed E-state index contributed by atoms with van der Waals surface area (Å²) >= 11 is 3.00. The van der Waals surface area contributed by atoms with Crippen LogP contribution < -0.4 is 0 Å². The van der Waals surface area contributed by atoms with Crippen LogP contribution in [0.15, 0.2) is 22.7 Å². The lowest BCUT2D eigenvalue weighted by Crippen LogP contribution is -1.93. The SMILES string of the molecule is O=S(=O)(Cl)CC#Cc1cccc(F)c1Br. The highest BCUT2D eigenvalue weighted by atomic mass is 79.9. The highest BCUT2D eigenvalue weighted by Gasteiger charge is 2.03. The molecule has 15 heavy (non-hydrogen) atoms. The number of benzene rings is 1. The summed E-state index contributed by atoms with van der Waals surface area (Å²) in [6, 6.07) is 4.33. The van der Waals surface area contributed by atoms with E-state index in [1.54, 1.807) is 6.07 Å². The summed E-state index contributed by atoms with van der Waals surface area (Å²) in [6.45, 7) is 0. The molecule has 1 aromatic carbocycles. The molecule has 0 radical (unpaired) electrons. The van der Waals surface area contributed by atoms with E-state index in [4.69, 9.17) is 10.7 Å². The van der Waals surface area contributed by atoms with Crippen molar-refractivity contribution in [3.63, 3.8) is 0 Å². The molecule has 0 amide bonds. The van der Waals surface area contributed by atoms with Gasteiger partial charge in [-0.2, -0.15) is 0 Å². The molecule has 0 aliphatic rings. The predicted octanol–water partition coefficient (Wildman–Crippen LogP) is 2.51. The molecule has 0 saturated heterocycles. The Hall–Kier alpha value is -0.570. The van der Waals surface area contributed by atoms with Crippen LogP contribution >= 0.6 is 26.6 Å². The lowest BCUT2D eigenvalue weighted by atomic mass is 10.2. The maximum Gasteiger partial charge on any atom is 0.243 e. The van der Waals surface area contributed by atoms with Gasteiger partial charge in [0.25, 0.3) is 0 Å². The minimum atomic E-state index is -3.63. The fourth-order valence-electron chi connectivity index (χ4n) is 0.818. The Morgan fingerprint density at radius 1 is 1.47 bits per heavy atom. The molecule has 1 aromatic rings. The smallest absolute Gasteiger partial charge is 0.211 e. The minimum Gasteiger partial charge on any atom is -0.211 e. The van der Waals surface area contributed by atoms with Gasteiger partial charge in [0.05, 0.1) is 4.47 Å². The van der Waals surface area contributed by atoms with Gasteiger partial charge in [-0.1, -0.05) is 17.9 Å². The Labute approximate surface area is 100.0 Å². The minimum absolute atomic E-state index is 0.212. The first kappa shape index (κ1) is 12.5. The van der Waals surface area contributed by atoms with Gasteiger partial charge in [-0.3, -0.25) is 0 Å². The van der Waals surface area contributed by atoms with Crippen molar-refractivity contribution in [3.8, 4) is 11.8 Å². The van der Waals surface area contributed by atoms with Crippen molar-refractivity contribution < 1.29 is 12.8 Å². The van der Waals surface area contributed by atoms with E-state index in [1.807, 2.05) is 0 Å². The van der Waals surface area contributed by atoms with Crippen molar-refractivity contribution in [2.24, 2.45) is 0 Å². The number of hydrogen-bond acceptors (Lipinski definition) is 2. The molecule has 0 aliphatic heterocycles. The number of hydrogen-bond donors (Lipinski definition) is 0. The largest absolute Gasteiger partial charge is 0.243 e. The normalized spacial score (nSPS) is 10.6. The monoisotopic (exact) mass is 310 g/mol. The van der Waals surface area contributed by atoms with Gasteiger partial charge in [-0.25, -0.2) is 12.8 Å². The zero-order chi connectivity index (χ0) is 11.5. The summed E-state index contributed by atoms with van der Waals surface area (Å²) in [5.74, 6) is 3.94.